The van der Waals surface area contributed by atoms with E-state index in [0.29, 0.717) is 10.6 Å². The summed E-state index contributed by atoms with van der Waals surface area (Å²) < 4.78 is 27.7. The molecular weight excluding hydrogens is 410 g/mol. The van der Waals surface area contributed by atoms with Crippen molar-refractivity contribution in [2.24, 2.45) is 5.10 Å². The van der Waals surface area contributed by atoms with Crippen molar-refractivity contribution < 1.29 is 13.2 Å². The molecule has 0 radical (unpaired) electrons. The van der Waals surface area contributed by atoms with Crippen molar-refractivity contribution in [3.05, 3.63) is 65.2 Å². The Bertz CT molecular complexity index is 958. The Morgan fingerprint density at radius 1 is 1.07 bits per heavy atom. The maximum Gasteiger partial charge on any atom is 0.255 e. The van der Waals surface area contributed by atoms with Crippen molar-refractivity contribution in [1.82, 2.24) is 9.73 Å². The summed E-state index contributed by atoms with van der Waals surface area (Å²) in [5.41, 5.74) is 3.08. The summed E-state index contributed by atoms with van der Waals surface area (Å²) in [6.45, 7) is -0.276. The largest absolute Gasteiger partial charge is 0.272 e. The predicted octanol–water partition coefficient (Wildman–Crippen LogP) is 3.81. The van der Waals surface area contributed by atoms with Crippen LogP contribution in [0.15, 0.2) is 64.6 Å². The van der Waals surface area contributed by atoms with Gasteiger partial charge >= 0.3 is 0 Å². The minimum atomic E-state index is -3.78. The molecule has 0 spiro atoms. The number of nitrogens with one attached hydrogen (secondary N) is 1. The Balaban J connectivity index is 1.74. The van der Waals surface area contributed by atoms with Gasteiger partial charge in [0, 0.05) is 16.6 Å². The summed E-state index contributed by atoms with van der Waals surface area (Å²) in [7, 11) is -3.78. The van der Waals surface area contributed by atoms with Gasteiger partial charge in [0.05, 0.1) is 17.7 Å². The Hall–Kier alpha value is -2.22. The third-order valence-corrected chi connectivity index (χ3v) is 7.19. The van der Waals surface area contributed by atoms with E-state index in [4.69, 9.17) is 11.6 Å². The lowest BCUT2D eigenvalue weighted by Crippen LogP contribution is -2.46. The first-order valence-electron chi connectivity index (χ1n) is 9.62. The average molecular weight is 434 g/mol. The smallest absolute Gasteiger partial charge is 0.255 e. The average Bonchev–Trinajstić information content (AvgIpc) is 2.74. The molecule has 0 atom stereocenters. The Morgan fingerprint density at radius 2 is 1.72 bits per heavy atom. The minimum Gasteiger partial charge on any atom is -0.272 e. The number of halogens is 1. The lowest BCUT2D eigenvalue weighted by molar-refractivity contribution is -0.121. The maximum atomic E-state index is 13.2. The van der Waals surface area contributed by atoms with Gasteiger partial charge in [-0.2, -0.15) is 9.41 Å². The fraction of sp³-hybridized carbons (Fsp3) is 0.333. The molecule has 0 aliphatic heterocycles. The topological polar surface area (TPSA) is 78.8 Å². The first kappa shape index (κ1) is 21.5. The van der Waals surface area contributed by atoms with Gasteiger partial charge in [-0.3, -0.25) is 4.79 Å². The van der Waals surface area contributed by atoms with E-state index in [2.05, 4.69) is 10.5 Å². The lowest BCUT2D eigenvalue weighted by atomic mass is 9.95. The number of hydrogen-bond donors (Lipinski definition) is 1. The van der Waals surface area contributed by atoms with Crippen LogP contribution in [-0.4, -0.2) is 37.4 Å². The van der Waals surface area contributed by atoms with Gasteiger partial charge < -0.3 is 0 Å². The number of amides is 1. The zero-order valence-corrected chi connectivity index (χ0v) is 17.6. The van der Waals surface area contributed by atoms with Gasteiger partial charge in [0.15, 0.2) is 0 Å². The van der Waals surface area contributed by atoms with Crippen molar-refractivity contribution in [3.63, 3.8) is 0 Å². The molecule has 0 saturated heterocycles. The molecule has 3 rings (SSSR count). The number of hydrazone groups is 1. The molecule has 1 aliphatic rings. The molecule has 0 aromatic heterocycles. The zero-order chi connectivity index (χ0) is 20.7. The van der Waals surface area contributed by atoms with Crippen molar-refractivity contribution >= 4 is 33.7 Å². The van der Waals surface area contributed by atoms with Gasteiger partial charge in [-0.05, 0) is 31.0 Å². The highest BCUT2D eigenvalue weighted by Gasteiger charge is 2.33. The van der Waals surface area contributed by atoms with Crippen LogP contribution in [0.25, 0.3) is 0 Å². The van der Waals surface area contributed by atoms with Crippen LogP contribution in [0.2, 0.25) is 5.02 Å². The molecule has 29 heavy (non-hydrogen) atoms. The molecule has 1 saturated carbocycles. The molecule has 2 aromatic rings. The highest BCUT2D eigenvalue weighted by atomic mass is 35.5. The molecular formula is C21H24ClN3O3S. The van der Waals surface area contributed by atoms with E-state index in [0.717, 1.165) is 32.1 Å². The molecule has 0 bridgehead atoms. The van der Waals surface area contributed by atoms with Gasteiger partial charge in [0.2, 0.25) is 10.0 Å². The Kier molecular flexibility index (Phi) is 7.41. The highest BCUT2D eigenvalue weighted by Crippen LogP contribution is 2.27. The lowest BCUT2D eigenvalue weighted by Gasteiger charge is -2.32. The molecule has 1 amide bonds. The molecule has 8 heteroatoms. The number of benzene rings is 2. The number of rotatable bonds is 7. The van der Waals surface area contributed by atoms with Gasteiger partial charge in [0.25, 0.3) is 5.91 Å². The fourth-order valence-electron chi connectivity index (χ4n) is 3.44. The van der Waals surface area contributed by atoms with Crippen LogP contribution in [-0.2, 0) is 14.8 Å². The van der Waals surface area contributed by atoms with Crippen LogP contribution >= 0.6 is 11.6 Å². The van der Waals surface area contributed by atoms with E-state index in [1.807, 2.05) is 6.07 Å². The summed E-state index contributed by atoms with van der Waals surface area (Å²) in [4.78, 5) is 12.7. The SMILES string of the molecule is O=C(CN(C1CCCCC1)S(=O)(=O)c1ccccc1)N/N=C/c1ccccc1Cl. The number of sulfonamides is 1. The molecule has 0 unspecified atom stereocenters. The van der Waals surface area contributed by atoms with E-state index >= 15 is 0 Å². The second-order valence-corrected chi connectivity index (χ2v) is 9.27. The van der Waals surface area contributed by atoms with Gasteiger partial charge in [-0.15, -0.1) is 0 Å². The monoisotopic (exact) mass is 433 g/mol. The van der Waals surface area contributed by atoms with E-state index in [1.165, 1.54) is 10.5 Å². The second kappa shape index (κ2) is 10.0. The van der Waals surface area contributed by atoms with E-state index in [9.17, 15) is 13.2 Å². The molecule has 6 nitrogen and oxygen atoms in total. The van der Waals surface area contributed by atoms with Crippen LogP contribution in [0.5, 0.6) is 0 Å². The van der Waals surface area contributed by atoms with Gasteiger partial charge in [0.1, 0.15) is 0 Å². The summed E-state index contributed by atoms with van der Waals surface area (Å²) in [5.74, 6) is -0.488. The molecule has 0 heterocycles. The summed E-state index contributed by atoms with van der Waals surface area (Å²) in [5, 5.41) is 4.44. The zero-order valence-electron chi connectivity index (χ0n) is 16.0. The second-order valence-electron chi connectivity index (χ2n) is 6.97. The third-order valence-electron chi connectivity index (χ3n) is 4.93. The van der Waals surface area contributed by atoms with E-state index in [-0.39, 0.29) is 17.5 Å². The van der Waals surface area contributed by atoms with Crippen molar-refractivity contribution in [2.45, 2.75) is 43.0 Å². The number of carbonyl (C=O) groups is 1. The van der Waals surface area contributed by atoms with Crippen molar-refractivity contribution in [2.75, 3.05) is 6.54 Å². The molecule has 154 valence electrons. The van der Waals surface area contributed by atoms with Gasteiger partial charge in [-0.25, -0.2) is 13.8 Å². The van der Waals surface area contributed by atoms with Crippen LogP contribution < -0.4 is 5.43 Å². The normalized spacial score (nSPS) is 15.7. The number of carbonyl (C=O) groups excluding carboxylic acids is 1. The van der Waals surface area contributed by atoms with Crippen LogP contribution in [0, 0.1) is 0 Å². The van der Waals surface area contributed by atoms with E-state index < -0.39 is 15.9 Å². The minimum absolute atomic E-state index is 0.188. The summed E-state index contributed by atoms with van der Waals surface area (Å²) in [6, 6.07) is 15.2. The third kappa shape index (κ3) is 5.65. The van der Waals surface area contributed by atoms with Crippen molar-refractivity contribution in [1.29, 1.82) is 0 Å². The van der Waals surface area contributed by atoms with Crippen LogP contribution in [0.3, 0.4) is 0 Å². The standard InChI is InChI=1S/C21H24ClN3O3S/c22-20-14-8-7-9-17(20)15-23-24-21(26)16-25(18-10-3-1-4-11-18)29(27,28)19-12-5-2-6-13-19/h2,5-9,12-15,18H,1,3-4,10-11,16H2,(H,24,26)/b23-15+. The molecule has 1 N–H and O–H groups in total. The molecule has 2 aromatic carbocycles. The van der Waals surface area contributed by atoms with Gasteiger partial charge in [-0.1, -0.05) is 67.3 Å². The predicted molar refractivity (Wildman–Crippen MR) is 114 cm³/mol. The van der Waals surface area contributed by atoms with E-state index in [1.54, 1.807) is 48.5 Å². The first-order valence-corrected chi connectivity index (χ1v) is 11.4. The van der Waals surface area contributed by atoms with Crippen LogP contribution in [0.4, 0.5) is 0 Å². The molecule has 1 fully saturated rings. The number of nitrogens with zero attached hydrogens (tertiary/aromatic N) is 2. The summed E-state index contributed by atoms with van der Waals surface area (Å²) >= 11 is 6.06. The highest BCUT2D eigenvalue weighted by molar-refractivity contribution is 7.89. The molecule has 1 aliphatic carbocycles. The first-order chi connectivity index (χ1) is 14.0. The quantitative estimate of drug-likeness (QED) is 0.532. The maximum absolute atomic E-state index is 13.2. The fourth-order valence-corrected chi connectivity index (χ4v) is 5.28. The van der Waals surface area contributed by atoms with Crippen LogP contribution in [0.1, 0.15) is 37.7 Å². The Morgan fingerprint density at radius 3 is 2.41 bits per heavy atom. The van der Waals surface area contributed by atoms with Crippen molar-refractivity contribution in [3.8, 4) is 0 Å². The number of hydrogen-bond acceptors (Lipinski definition) is 4. The summed E-state index contributed by atoms with van der Waals surface area (Å²) in [6.07, 6.45) is 5.95. The Labute approximate surface area is 176 Å².